The SMILES string of the molecule is NC1CCCC2CN(CC(=O)NC3CC3)CC12. The van der Waals surface area contributed by atoms with E-state index < -0.39 is 0 Å². The van der Waals surface area contributed by atoms with Crippen molar-refractivity contribution in [3.8, 4) is 0 Å². The molecule has 1 saturated heterocycles. The lowest BCUT2D eigenvalue weighted by Crippen LogP contribution is -2.39. The lowest BCUT2D eigenvalue weighted by atomic mass is 9.78. The quantitative estimate of drug-likeness (QED) is 0.743. The molecule has 0 spiro atoms. The molecule has 1 amide bonds. The Balaban J connectivity index is 1.50. The number of nitrogens with one attached hydrogen (secondary N) is 1. The molecule has 3 unspecified atom stereocenters. The average Bonchev–Trinajstić information content (AvgIpc) is 2.97. The van der Waals surface area contributed by atoms with Gasteiger partial charge in [-0.2, -0.15) is 0 Å². The van der Waals surface area contributed by atoms with Crippen molar-refractivity contribution in [3.63, 3.8) is 0 Å². The molecule has 0 aromatic carbocycles. The van der Waals surface area contributed by atoms with E-state index in [1.165, 1.54) is 32.1 Å². The van der Waals surface area contributed by atoms with Gasteiger partial charge < -0.3 is 11.1 Å². The van der Waals surface area contributed by atoms with Gasteiger partial charge in [0.05, 0.1) is 6.54 Å². The highest BCUT2D eigenvalue weighted by molar-refractivity contribution is 5.78. The van der Waals surface area contributed by atoms with Crippen LogP contribution in [0.2, 0.25) is 0 Å². The fourth-order valence-electron chi connectivity index (χ4n) is 3.44. The topological polar surface area (TPSA) is 58.4 Å². The fourth-order valence-corrected chi connectivity index (χ4v) is 3.44. The molecule has 1 heterocycles. The van der Waals surface area contributed by atoms with Crippen LogP contribution in [0.3, 0.4) is 0 Å². The number of nitrogens with zero attached hydrogens (tertiary/aromatic N) is 1. The third-order valence-electron chi connectivity index (χ3n) is 4.54. The van der Waals surface area contributed by atoms with Crippen molar-refractivity contribution in [3.05, 3.63) is 0 Å². The van der Waals surface area contributed by atoms with Gasteiger partial charge in [0.2, 0.25) is 5.91 Å². The lowest BCUT2D eigenvalue weighted by molar-refractivity contribution is -0.122. The summed E-state index contributed by atoms with van der Waals surface area (Å²) in [5.74, 6) is 1.59. The predicted octanol–water partition coefficient (Wildman–Crippen LogP) is 0.324. The molecule has 3 N–H and O–H groups in total. The van der Waals surface area contributed by atoms with E-state index in [9.17, 15) is 4.79 Å². The van der Waals surface area contributed by atoms with Crippen molar-refractivity contribution in [2.24, 2.45) is 17.6 Å². The summed E-state index contributed by atoms with van der Waals surface area (Å²) in [4.78, 5) is 14.1. The van der Waals surface area contributed by atoms with Gasteiger partial charge in [-0.1, -0.05) is 6.42 Å². The van der Waals surface area contributed by atoms with E-state index in [0.29, 0.717) is 24.5 Å². The Hall–Kier alpha value is -0.610. The van der Waals surface area contributed by atoms with Crippen molar-refractivity contribution in [2.45, 2.75) is 44.2 Å². The second kappa shape index (κ2) is 4.58. The first-order chi connectivity index (χ1) is 8.22. The highest BCUT2D eigenvalue weighted by atomic mass is 16.2. The molecule has 4 nitrogen and oxygen atoms in total. The molecule has 4 heteroatoms. The smallest absolute Gasteiger partial charge is 0.234 e. The second-order valence-corrected chi connectivity index (χ2v) is 6.05. The maximum Gasteiger partial charge on any atom is 0.234 e. The van der Waals surface area contributed by atoms with E-state index in [1.807, 2.05) is 0 Å². The molecule has 3 rings (SSSR count). The fraction of sp³-hybridized carbons (Fsp3) is 0.923. The number of rotatable bonds is 3. The van der Waals surface area contributed by atoms with Crippen LogP contribution in [-0.2, 0) is 4.79 Å². The minimum absolute atomic E-state index is 0.208. The Morgan fingerprint density at radius 1 is 1.24 bits per heavy atom. The van der Waals surface area contributed by atoms with Gasteiger partial charge in [-0.15, -0.1) is 0 Å². The summed E-state index contributed by atoms with van der Waals surface area (Å²) < 4.78 is 0. The molecule has 96 valence electrons. The Bertz CT molecular complexity index is 303. The second-order valence-electron chi connectivity index (χ2n) is 6.05. The van der Waals surface area contributed by atoms with Gasteiger partial charge in [0.15, 0.2) is 0 Å². The highest BCUT2D eigenvalue weighted by Gasteiger charge is 2.39. The number of fused-ring (bicyclic) bond motifs is 1. The molecular formula is C13H23N3O. The van der Waals surface area contributed by atoms with Crippen LogP contribution in [0.25, 0.3) is 0 Å². The van der Waals surface area contributed by atoms with Crippen LogP contribution in [0, 0.1) is 11.8 Å². The largest absolute Gasteiger partial charge is 0.352 e. The van der Waals surface area contributed by atoms with Crippen LogP contribution in [0.5, 0.6) is 0 Å². The normalized spacial score (nSPS) is 37.8. The zero-order valence-electron chi connectivity index (χ0n) is 10.4. The first-order valence-corrected chi connectivity index (χ1v) is 6.99. The van der Waals surface area contributed by atoms with Gasteiger partial charge in [0.25, 0.3) is 0 Å². The third kappa shape index (κ3) is 2.63. The molecule has 0 aromatic heterocycles. The van der Waals surface area contributed by atoms with E-state index in [1.54, 1.807) is 0 Å². The van der Waals surface area contributed by atoms with Crippen LogP contribution in [0.4, 0.5) is 0 Å². The van der Waals surface area contributed by atoms with Gasteiger partial charge in [-0.25, -0.2) is 0 Å². The van der Waals surface area contributed by atoms with Gasteiger partial charge in [-0.05, 0) is 37.5 Å². The third-order valence-corrected chi connectivity index (χ3v) is 4.54. The minimum Gasteiger partial charge on any atom is -0.352 e. The number of likely N-dealkylation sites (tertiary alicyclic amines) is 1. The molecule has 2 aliphatic carbocycles. The van der Waals surface area contributed by atoms with E-state index in [4.69, 9.17) is 5.73 Å². The molecule has 1 aliphatic heterocycles. The summed E-state index contributed by atoms with van der Waals surface area (Å²) in [7, 11) is 0. The maximum absolute atomic E-state index is 11.8. The van der Waals surface area contributed by atoms with Gasteiger partial charge in [0, 0.05) is 25.2 Å². The lowest BCUT2D eigenvalue weighted by Gasteiger charge is -2.29. The van der Waals surface area contributed by atoms with Crippen molar-refractivity contribution < 1.29 is 4.79 Å². The summed E-state index contributed by atoms with van der Waals surface area (Å²) in [6.07, 6.45) is 6.08. The Kier molecular flexibility index (Phi) is 3.09. The van der Waals surface area contributed by atoms with E-state index in [0.717, 1.165) is 19.0 Å². The number of amides is 1. The van der Waals surface area contributed by atoms with Gasteiger partial charge in [0.1, 0.15) is 0 Å². The Morgan fingerprint density at radius 3 is 2.76 bits per heavy atom. The van der Waals surface area contributed by atoms with Crippen LogP contribution < -0.4 is 11.1 Å². The number of hydrogen-bond acceptors (Lipinski definition) is 3. The number of carbonyl (C=O) groups is 1. The minimum atomic E-state index is 0.208. The summed E-state index contributed by atoms with van der Waals surface area (Å²) in [6, 6.07) is 0.847. The zero-order chi connectivity index (χ0) is 11.8. The number of nitrogens with two attached hydrogens (primary N) is 1. The molecule has 3 fully saturated rings. The molecule has 3 atom stereocenters. The van der Waals surface area contributed by atoms with Crippen molar-refractivity contribution in [2.75, 3.05) is 19.6 Å². The summed E-state index contributed by atoms with van der Waals surface area (Å²) in [5, 5.41) is 3.06. The van der Waals surface area contributed by atoms with Gasteiger partial charge in [-0.3, -0.25) is 9.69 Å². The van der Waals surface area contributed by atoms with Crippen molar-refractivity contribution >= 4 is 5.91 Å². The monoisotopic (exact) mass is 237 g/mol. The Labute approximate surface area is 103 Å². The average molecular weight is 237 g/mol. The summed E-state index contributed by atoms with van der Waals surface area (Å²) in [5.41, 5.74) is 6.18. The van der Waals surface area contributed by atoms with Gasteiger partial charge >= 0.3 is 0 Å². The molecule has 3 aliphatic rings. The first kappa shape index (κ1) is 11.5. The molecule has 17 heavy (non-hydrogen) atoms. The summed E-state index contributed by atoms with van der Waals surface area (Å²) in [6.45, 7) is 2.69. The predicted molar refractivity (Wildman–Crippen MR) is 66.4 cm³/mol. The van der Waals surface area contributed by atoms with Crippen molar-refractivity contribution in [1.82, 2.24) is 10.2 Å². The van der Waals surface area contributed by atoms with Crippen LogP contribution in [0.15, 0.2) is 0 Å². The van der Waals surface area contributed by atoms with Crippen LogP contribution in [-0.4, -0.2) is 42.5 Å². The maximum atomic E-state index is 11.8. The Morgan fingerprint density at radius 2 is 2.06 bits per heavy atom. The zero-order valence-corrected chi connectivity index (χ0v) is 10.4. The number of hydrogen-bond donors (Lipinski definition) is 2. The molecule has 2 saturated carbocycles. The first-order valence-electron chi connectivity index (χ1n) is 6.99. The molecule has 0 radical (unpaired) electrons. The van der Waals surface area contributed by atoms with Crippen molar-refractivity contribution in [1.29, 1.82) is 0 Å². The van der Waals surface area contributed by atoms with E-state index in [-0.39, 0.29) is 5.91 Å². The highest BCUT2D eigenvalue weighted by Crippen LogP contribution is 2.35. The van der Waals surface area contributed by atoms with E-state index >= 15 is 0 Å². The van der Waals surface area contributed by atoms with Crippen LogP contribution >= 0.6 is 0 Å². The number of carbonyl (C=O) groups excluding carboxylic acids is 1. The van der Waals surface area contributed by atoms with Crippen LogP contribution in [0.1, 0.15) is 32.1 Å². The molecule has 0 aromatic rings. The molecule has 0 bridgehead atoms. The van der Waals surface area contributed by atoms with E-state index in [2.05, 4.69) is 10.2 Å². The standard InChI is InChI=1S/C13H23N3O/c14-12-3-1-2-9-6-16(7-11(9)12)8-13(17)15-10-4-5-10/h9-12H,1-8,14H2,(H,15,17). The summed E-state index contributed by atoms with van der Waals surface area (Å²) >= 11 is 0. The molecular weight excluding hydrogens is 214 g/mol.